The molecule has 0 fully saturated rings. The van der Waals surface area contributed by atoms with Crippen LogP contribution in [-0.2, 0) is 11.2 Å². The van der Waals surface area contributed by atoms with Crippen LogP contribution in [0.1, 0.15) is 78.2 Å². The maximum absolute atomic E-state index is 12.5. The van der Waals surface area contributed by atoms with Crippen molar-refractivity contribution in [3.63, 3.8) is 0 Å². The topological polar surface area (TPSA) is 52.1 Å². The Morgan fingerprint density at radius 3 is 2.00 bits per heavy atom. The van der Waals surface area contributed by atoms with Crippen molar-refractivity contribution < 1.29 is 9.53 Å². The van der Waals surface area contributed by atoms with Crippen molar-refractivity contribution in [3.05, 3.63) is 66.5 Å². The average Bonchev–Trinajstić information content (AvgIpc) is 2.91. The fraction of sp³-hybridized carbons (Fsp3) is 0.469. The molecule has 5 heteroatoms. The lowest BCUT2D eigenvalue weighted by Gasteiger charge is -2.17. The van der Waals surface area contributed by atoms with E-state index in [1.54, 1.807) is 0 Å². The fourth-order valence-corrected chi connectivity index (χ4v) is 4.49. The van der Waals surface area contributed by atoms with Gasteiger partial charge in [0.2, 0.25) is 0 Å². The number of nitrogens with zero attached hydrogens (tertiary/aromatic N) is 2. The van der Waals surface area contributed by atoms with Crippen LogP contribution in [0.25, 0.3) is 22.5 Å². The second-order valence-electron chi connectivity index (χ2n) is 10.5. The molecule has 0 bridgehead atoms. The van der Waals surface area contributed by atoms with E-state index < -0.39 is 5.38 Å². The van der Waals surface area contributed by atoms with Crippen LogP contribution in [0.5, 0.6) is 5.75 Å². The van der Waals surface area contributed by atoms with E-state index in [0.29, 0.717) is 11.7 Å². The Labute approximate surface area is 227 Å². The van der Waals surface area contributed by atoms with Crippen molar-refractivity contribution in [2.24, 2.45) is 11.8 Å². The van der Waals surface area contributed by atoms with Crippen LogP contribution >= 0.6 is 11.6 Å². The smallest absolute Gasteiger partial charge is 0.329 e. The number of hydrogen-bond donors (Lipinski definition) is 0. The van der Waals surface area contributed by atoms with Crippen LogP contribution in [-0.4, -0.2) is 21.3 Å². The zero-order valence-electron chi connectivity index (χ0n) is 22.8. The van der Waals surface area contributed by atoms with Crippen molar-refractivity contribution in [1.82, 2.24) is 9.97 Å². The van der Waals surface area contributed by atoms with Gasteiger partial charge in [-0.25, -0.2) is 9.97 Å². The van der Waals surface area contributed by atoms with E-state index in [9.17, 15) is 4.79 Å². The molecule has 2 aromatic carbocycles. The number of carbonyl (C=O) groups excluding carboxylic acids is 1. The SMILES string of the molecule is CCCCCCc1cnc(-c2ccc(-c3ccc(OC(=O)C(Cl)C(C)CCCC(C)C)cc3)cc2)nc1. The largest absolute Gasteiger partial charge is 0.425 e. The van der Waals surface area contributed by atoms with Gasteiger partial charge in [0, 0.05) is 18.0 Å². The van der Waals surface area contributed by atoms with Gasteiger partial charge >= 0.3 is 5.97 Å². The van der Waals surface area contributed by atoms with E-state index in [1.807, 2.05) is 55.7 Å². The molecule has 0 saturated carbocycles. The Bertz CT molecular complexity index is 1080. The van der Waals surface area contributed by atoms with Crippen molar-refractivity contribution in [2.45, 2.75) is 84.4 Å². The molecule has 0 aliphatic rings. The van der Waals surface area contributed by atoms with E-state index >= 15 is 0 Å². The predicted molar refractivity (Wildman–Crippen MR) is 154 cm³/mol. The summed E-state index contributed by atoms with van der Waals surface area (Å²) in [6.07, 6.45) is 13.0. The highest BCUT2D eigenvalue weighted by Crippen LogP contribution is 2.26. The van der Waals surface area contributed by atoms with Gasteiger partial charge in [-0.15, -0.1) is 11.6 Å². The third-order valence-electron chi connectivity index (χ3n) is 6.74. The molecule has 0 amide bonds. The average molecular weight is 521 g/mol. The lowest BCUT2D eigenvalue weighted by atomic mass is 9.97. The number of alkyl halides is 1. The number of hydrogen-bond acceptors (Lipinski definition) is 4. The number of aromatic nitrogens is 2. The van der Waals surface area contributed by atoms with Gasteiger partial charge in [0.15, 0.2) is 5.82 Å². The van der Waals surface area contributed by atoms with Crippen molar-refractivity contribution in [1.29, 1.82) is 0 Å². The molecule has 1 heterocycles. The molecule has 0 saturated heterocycles. The highest BCUT2D eigenvalue weighted by Gasteiger charge is 2.24. The van der Waals surface area contributed by atoms with E-state index in [2.05, 4.69) is 42.9 Å². The summed E-state index contributed by atoms with van der Waals surface area (Å²) in [7, 11) is 0. The van der Waals surface area contributed by atoms with Crippen LogP contribution in [0.2, 0.25) is 0 Å². The van der Waals surface area contributed by atoms with E-state index in [1.165, 1.54) is 31.2 Å². The van der Waals surface area contributed by atoms with Crippen LogP contribution in [0.3, 0.4) is 0 Å². The first-order valence-corrected chi connectivity index (χ1v) is 14.2. The third kappa shape index (κ3) is 9.27. The van der Waals surface area contributed by atoms with Crippen molar-refractivity contribution in [3.8, 4) is 28.3 Å². The number of benzene rings is 2. The molecule has 2 atom stereocenters. The van der Waals surface area contributed by atoms with Crippen molar-refractivity contribution in [2.75, 3.05) is 0 Å². The summed E-state index contributed by atoms with van der Waals surface area (Å²) in [5.41, 5.74) is 4.29. The Balaban J connectivity index is 1.54. The Morgan fingerprint density at radius 2 is 1.41 bits per heavy atom. The highest BCUT2D eigenvalue weighted by molar-refractivity contribution is 6.30. The maximum atomic E-state index is 12.5. The summed E-state index contributed by atoms with van der Waals surface area (Å²) in [6, 6.07) is 15.7. The van der Waals surface area contributed by atoms with Gasteiger partial charge in [0.1, 0.15) is 11.1 Å². The molecule has 1 aromatic heterocycles. The summed E-state index contributed by atoms with van der Waals surface area (Å²) >= 11 is 6.40. The maximum Gasteiger partial charge on any atom is 0.329 e. The van der Waals surface area contributed by atoms with Gasteiger partial charge in [0.25, 0.3) is 0 Å². The van der Waals surface area contributed by atoms with Gasteiger partial charge in [0.05, 0.1) is 0 Å². The van der Waals surface area contributed by atoms with Gasteiger partial charge in [-0.2, -0.15) is 0 Å². The molecule has 3 aromatic rings. The fourth-order valence-electron chi connectivity index (χ4n) is 4.32. The summed E-state index contributed by atoms with van der Waals surface area (Å²) in [4.78, 5) is 21.7. The number of rotatable bonds is 14. The summed E-state index contributed by atoms with van der Waals surface area (Å²) in [5.74, 6) is 1.60. The first-order valence-electron chi connectivity index (χ1n) is 13.7. The predicted octanol–water partition coefficient (Wildman–Crippen LogP) is 8.91. The van der Waals surface area contributed by atoms with Gasteiger partial charge in [-0.3, -0.25) is 4.79 Å². The summed E-state index contributed by atoms with van der Waals surface area (Å²) in [6.45, 7) is 8.65. The van der Waals surface area contributed by atoms with E-state index in [4.69, 9.17) is 16.3 Å². The van der Waals surface area contributed by atoms with Crippen LogP contribution in [0, 0.1) is 11.8 Å². The quantitative estimate of drug-likeness (QED) is 0.0921. The molecule has 198 valence electrons. The van der Waals surface area contributed by atoms with Gasteiger partial charge in [-0.05, 0) is 59.9 Å². The number of carbonyl (C=O) groups is 1. The van der Waals surface area contributed by atoms with E-state index in [-0.39, 0.29) is 11.9 Å². The summed E-state index contributed by atoms with van der Waals surface area (Å²) in [5, 5.41) is -0.642. The molecule has 0 aliphatic carbocycles. The molecule has 3 rings (SSSR count). The Hall–Kier alpha value is -2.72. The molecular formula is C32H41ClN2O2. The lowest BCUT2D eigenvalue weighted by molar-refractivity contribution is -0.134. The molecule has 37 heavy (non-hydrogen) atoms. The van der Waals surface area contributed by atoms with Crippen LogP contribution in [0.15, 0.2) is 60.9 Å². The molecule has 0 radical (unpaired) electrons. The molecule has 2 unspecified atom stereocenters. The second kappa shape index (κ2) is 14.9. The number of ether oxygens (including phenoxy) is 1. The minimum Gasteiger partial charge on any atom is -0.425 e. The first-order chi connectivity index (χ1) is 17.9. The van der Waals surface area contributed by atoms with Crippen molar-refractivity contribution >= 4 is 17.6 Å². The molecule has 0 spiro atoms. The zero-order valence-corrected chi connectivity index (χ0v) is 23.5. The first kappa shape index (κ1) is 28.8. The number of aryl methyl sites for hydroxylation is 1. The molecule has 0 N–H and O–H groups in total. The Kier molecular flexibility index (Phi) is 11.6. The number of unbranched alkanes of at least 4 members (excludes halogenated alkanes) is 3. The van der Waals surface area contributed by atoms with E-state index in [0.717, 1.165) is 48.2 Å². The summed E-state index contributed by atoms with van der Waals surface area (Å²) < 4.78 is 5.55. The molecule has 4 nitrogen and oxygen atoms in total. The standard InChI is InChI=1S/C32H41ClN2O2/c1-5-6-7-8-12-25-21-34-31(35-22-25)28-15-13-26(14-16-28)27-17-19-29(20-18-27)37-32(36)30(33)24(4)11-9-10-23(2)3/h13-24,30H,5-12H2,1-4H3. The minimum absolute atomic E-state index is 0.0803. The van der Waals surface area contributed by atoms with Crippen LogP contribution in [0.4, 0.5) is 0 Å². The second-order valence-corrected chi connectivity index (χ2v) is 10.9. The monoisotopic (exact) mass is 520 g/mol. The Morgan fingerprint density at radius 1 is 0.811 bits per heavy atom. The third-order valence-corrected chi connectivity index (χ3v) is 7.35. The minimum atomic E-state index is -0.642. The molecule has 0 aliphatic heterocycles. The van der Waals surface area contributed by atoms with Gasteiger partial charge < -0.3 is 4.74 Å². The van der Waals surface area contributed by atoms with Crippen LogP contribution < -0.4 is 4.74 Å². The number of esters is 1. The highest BCUT2D eigenvalue weighted by atomic mass is 35.5. The zero-order chi connectivity index (χ0) is 26.6. The normalized spacial score (nSPS) is 12.9. The number of halogens is 1. The molecular weight excluding hydrogens is 480 g/mol. The lowest BCUT2D eigenvalue weighted by Crippen LogP contribution is -2.27. The van der Waals surface area contributed by atoms with Gasteiger partial charge in [-0.1, -0.05) is 96.2 Å².